The number of nitrogens with zero attached hydrogens (tertiary/aromatic N) is 2. The average molecular weight is 302 g/mol. The van der Waals surface area contributed by atoms with Crippen LogP contribution in [0.25, 0.3) is 0 Å². The van der Waals surface area contributed by atoms with Crippen molar-refractivity contribution < 1.29 is 5.11 Å². The number of benzene rings is 2. The molecule has 0 aliphatic heterocycles. The van der Waals surface area contributed by atoms with Crippen molar-refractivity contribution in [3.05, 3.63) is 51.5 Å². The van der Waals surface area contributed by atoms with Crippen LogP contribution in [0.1, 0.15) is 0 Å². The molecule has 18 heavy (non-hydrogen) atoms. The minimum absolute atomic E-state index is 0.00297. The van der Waals surface area contributed by atoms with E-state index >= 15 is 0 Å². The molecule has 0 radical (unpaired) electrons. The van der Waals surface area contributed by atoms with E-state index < -0.39 is 0 Å². The predicted molar refractivity (Wildman–Crippen MR) is 73.8 cm³/mol. The fourth-order valence-corrected chi connectivity index (χ4v) is 1.69. The Morgan fingerprint density at radius 2 is 1.61 bits per heavy atom. The van der Waals surface area contributed by atoms with E-state index in [1.54, 1.807) is 24.3 Å². The van der Waals surface area contributed by atoms with Gasteiger partial charge >= 0.3 is 0 Å². The van der Waals surface area contributed by atoms with Crippen LogP contribution >= 0.6 is 34.8 Å². The highest BCUT2D eigenvalue weighted by Crippen LogP contribution is 2.32. The number of aromatic hydroxyl groups is 1. The number of phenols is 1. The van der Waals surface area contributed by atoms with Gasteiger partial charge in [-0.3, -0.25) is 0 Å². The molecule has 0 saturated heterocycles. The summed E-state index contributed by atoms with van der Waals surface area (Å²) in [5, 5.41) is 18.7. The van der Waals surface area contributed by atoms with Gasteiger partial charge in [0.15, 0.2) is 0 Å². The summed E-state index contributed by atoms with van der Waals surface area (Å²) in [6.07, 6.45) is 0. The van der Waals surface area contributed by atoms with Crippen molar-refractivity contribution >= 4 is 46.2 Å². The van der Waals surface area contributed by atoms with Gasteiger partial charge in [0.2, 0.25) is 0 Å². The maximum Gasteiger partial charge on any atom is 0.143 e. The Kier molecular flexibility index (Phi) is 4.07. The number of azo groups is 1. The summed E-state index contributed by atoms with van der Waals surface area (Å²) >= 11 is 17.4. The highest BCUT2D eigenvalue weighted by atomic mass is 35.5. The van der Waals surface area contributed by atoms with Gasteiger partial charge in [0.1, 0.15) is 11.4 Å². The Morgan fingerprint density at radius 1 is 0.833 bits per heavy atom. The van der Waals surface area contributed by atoms with Crippen LogP contribution in [-0.4, -0.2) is 5.11 Å². The lowest BCUT2D eigenvalue weighted by molar-refractivity contribution is 0.476. The minimum Gasteiger partial charge on any atom is -0.506 e. The molecule has 0 unspecified atom stereocenters. The van der Waals surface area contributed by atoms with E-state index in [1.807, 2.05) is 0 Å². The molecule has 1 N–H and O–H groups in total. The molecule has 0 aliphatic carbocycles. The molecule has 0 aromatic heterocycles. The molecule has 3 nitrogen and oxygen atoms in total. The molecule has 0 heterocycles. The topological polar surface area (TPSA) is 45.0 Å². The van der Waals surface area contributed by atoms with E-state index in [2.05, 4.69) is 10.2 Å². The second-order valence-corrected chi connectivity index (χ2v) is 4.68. The molecule has 2 aromatic carbocycles. The van der Waals surface area contributed by atoms with E-state index in [1.165, 1.54) is 12.1 Å². The van der Waals surface area contributed by atoms with Gasteiger partial charge in [0, 0.05) is 5.02 Å². The predicted octanol–water partition coefficient (Wildman–Crippen LogP) is 5.77. The normalized spacial score (nSPS) is 11.1. The second kappa shape index (κ2) is 5.57. The Labute approximate surface area is 119 Å². The van der Waals surface area contributed by atoms with Gasteiger partial charge in [-0.05, 0) is 36.4 Å². The molecular weight excluding hydrogens is 295 g/mol. The summed E-state index contributed by atoms with van der Waals surface area (Å²) in [6.45, 7) is 0. The first-order chi connectivity index (χ1) is 8.56. The van der Waals surface area contributed by atoms with Gasteiger partial charge < -0.3 is 5.11 Å². The molecule has 0 aliphatic rings. The Morgan fingerprint density at radius 3 is 2.33 bits per heavy atom. The van der Waals surface area contributed by atoms with Crippen LogP contribution in [0.2, 0.25) is 15.1 Å². The lowest BCUT2D eigenvalue weighted by Gasteiger charge is -1.99. The molecule has 0 fully saturated rings. The maximum atomic E-state index is 9.55. The van der Waals surface area contributed by atoms with E-state index in [-0.39, 0.29) is 11.4 Å². The summed E-state index contributed by atoms with van der Waals surface area (Å²) < 4.78 is 0. The van der Waals surface area contributed by atoms with Crippen LogP contribution in [0, 0.1) is 0 Å². The zero-order chi connectivity index (χ0) is 13.1. The summed E-state index contributed by atoms with van der Waals surface area (Å²) in [5.74, 6) is 0.00297. The number of hydrogen-bond acceptors (Lipinski definition) is 3. The first-order valence-corrected chi connectivity index (χ1v) is 6.05. The third-order valence-electron chi connectivity index (χ3n) is 2.11. The van der Waals surface area contributed by atoms with E-state index in [9.17, 15) is 5.11 Å². The quantitative estimate of drug-likeness (QED) is 0.703. The number of halogens is 3. The largest absolute Gasteiger partial charge is 0.506 e. The fourth-order valence-electron chi connectivity index (χ4n) is 1.24. The van der Waals surface area contributed by atoms with Crippen molar-refractivity contribution in [2.45, 2.75) is 0 Å². The molecule has 0 atom stereocenters. The SMILES string of the molecule is Oc1ccc(Cl)cc1N=Nc1ccc(Cl)c(Cl)c1. The zero-order valence-corrected chi connectivity index (χ0v) is 11.2. The van der Waals surface area contributed by atoms with E-state index in [4.69, 9.17) is 34.8 Å². The summed E-state index contributed by atoms with van der Waals surface area (Å²) in [4.78, 5) is 0. The second-order valence-electron chi connectivity index (χ2n) is 3.43. The van der Waals surface area contributed by atoms with Gasteiger partial charge in [0.25, 0.3) is 0 Å². The third kappa shape index (κ3) is 3.13. The van der Waals surface area contributed by atoms with Crippen LogP contribution in [0.3, 0.4) is 0 Å². The molecular formula is C12H7Cl3N2O. The van der Waals surface area contributed by atoms with Gasteiger partial charge in [-0.25, -0.2) is 0 Å². The smallest absolute Gasteiger partial charge is 0.143 e. The number of rotatable bonds is 2. The summed E-state index contributed by atoms with van der Waals surface area (Å²) in [7, 11) is 0. The van der Waals surface area contributed by atoms with Crippen LogP contribution < -0.4 is 0 Å². The molecule has 2 rings (SSSR count). The standard InChI is InChI=1S/C12H7Cl3N2O/c13-7-1-4-12(18)11(5-7)17-16-8-2-3-9(14)10(15)6-8/h1-6,18H. The van der Waals surface area contributed by atoms with Gasteiger partial charge in [-0.2, -0.15) is 5.11 Å². The van der Waals surface area contributed by atoms with Gasteiger partial charge in [-0.1, -0.05) is 34.8 Å². The first-order valence-electron chi connectivity index (χ1n) is 4.91. The number of phenolic OH excluding ortho intramolecular Hbond substituents is 1. The third-order valence-corrected chi connectivity index (χ3v) is 3.09. The number of hydrogen-bond donors (Lipinski definition) is 1. The monoisotopic (exact) mass is 300 g/mol. The lowest BCUT2D eigenvalue weighted by Crippen LogP contribution is -1.70. The molecule has 0 spiro atoms. The van der Waals surface area contributed by atoms with Crippen molar-refractivity contribution in [3.8, 4) is 5.75 Å². The van der Waals surface area contributed by atoms with Crippen LogP contribution in [-0.2, 0) is 0 Å². The van der Waals surface area contributed by atoms with Crippen molar-refractivity contribution in [2.24, 2.45) is 10.2 Å². The molecule has 0 amide bonds. The van der Waals surface area contributed by atoms with Gasteiger partial charge in [-0.15, -0.1) is 5.11 Å². The molecule has 0 saturated carbocycles. The van der Waals surface area contributed by atoms with Crippen molar-refractivity contribution in [1.29, 1.82) is 0 Å². The first kappa shape index (κ1) is 13.1. The summed E-state index contributed by atoms with van der Waals surface area (Å²) in [5.41, 5.74) is 0.817. The highest BCUT2D eigenvalue weighted by molar-refractivity contribution is 6.42. The minimum atomic E-state index is 0.00297. The fraction of sp³-hybridized carbons (Fsp3) is 0. The maximum absolute atomic E-state index is 9.55. The van der Waals surface area contributed by atoms with Crippen molar-refractivity contribution in [1.82, 2.24) is 0 Å². The lowest BCUT2D eigenvalue weighted by atomic mass is 10.3. The summed E-state index contributed by atoms with van der Waals surface area (Å²) in [6, 6.07) is 9.39. The highest BCUT2D eigenvalue weighted by Gasteiger charge is 2.01. The van der Waals surface area contributed by atoms with Crippen LogP contribution in [0.15, 0.2) is 46.6 Å². The molecule has 6 heteroatoms. The van der Waals surface area contributed by atoms with E-state index in [0.717, 1.165) is 0 Å². The van der Waals surface area contributed by atoms with Gasteiger partial charge in [0.05, 0.1) is 15.7 Å². The van der Waals surface area contributed by atoms with Crippen molar-refractivity contribution in [2.75, 3.05) is 0 Å². The molecule has 2 aromatic rings. The Balaban J connectivity index is 2.29. The Bertz CT molecular complexity index is 614. The van der Waals surface area contributed by atoms with Crippen molar-refractivity contribution in [3.63, 3.8) is 0 Å². The van der Waals surface area contributed by atoms with Crippen LogP contribution in [0.5, 0.6) is 5.75 Å². The Hall–Kier alpha value is -1.29. The average Bonchev–Trinajstić information content (AvgIpc) is 2.34. The van der Waals surface area contributed by atoms with Crippen LogP contribution in [0.4, 0.5) is 11.4 Å². The zero-order valence-electron chi connectivity index (χ0n) is 8.94. The molecule has 92 valence electrons. The van der Waals surface area contributed by atoms with E-state index in [0.29, 0.717) is 20.8 Å². The molecule has 0 bridgehead atoms.